The van der Waals surface area contributed by atoms with Crippen molar-refractivity contribution in [2.75, 3.05) is 0 Å². The molecule has 1 heterocycles. The molecule has 0 radical (unpaired) electrons. The number of halogens is 2. The summed E-state index contributed by atoms with van der Waals surface area (Å²) < 4.78 is 3.03. The number of aromatic nitrogens is 2. The van der Waals surface area contributed by atoms with Crippen molar-refractivity contribution in [3.05, 3.63) is 45.1 Å². The van der Waals surface area contributed by atoms with E-state index in [-0.39, 0.29) is 0 Å². The van der Waals surface area contributed by atoms with E-state index in [1.54, 1.807) is 0 Å². The van der Waals surface area contributed by atoms with Crippen LogP contribution in [-0.4, -0.2) is 9.78 Å². The van der Waals surface area contributed by atoms with Gasteiger partial charge in [-0.25, -0.2) is 4.68 Å². The average molecular weight is 298 g/mol. The first-order chi connectivity index (χ1) is 7.75. The van der Waals surface area contributed by atoms with Crippen LogP contribution in [0.25, 0.3) is 5.69 Å². The van der Waals surface area contributed by atoms with Gasteiger partial charge in [0.1, 0.15) is 4.60 Å². The Balaban J connectivity index is 2.10. The fourth-order valence-electron chi connectivity index (χ4n) is 2.11. The van der Waals surface area contributed by atoms with Gasteiger partial charge in [0.25, 0.3) is 0 Å². The Kier molecular flexibility index (Phi) is 2.52. The van der Waals surface area contributed by atoms with Gasteiger partial charge in [0, 0.05) is 10.6 Å². The van der Waals surface area contributed by atoms with Crippen LogP contribution in [0.15, 0.2) is 28.9 Å². The van der Waals surface area contributed by atoms with Crippen LogP contribution in [0, 0.1) is 0 Å². The molecule has 0 unspecified atom stereocenters. The zero-order valence-electron chi connectivity index (χ0n) is 8.58. The summed E-state index contributed by atoms with van der Waals surface area (Å²) in [5.74, 6) is 0. The van der Waals surface area contributed by atoms with E-state index in [0.717, 1.165) is 28.2 Å². The molecule has 0 bridgehead atoms. The quantitative estimate of drug-likeness (QED) is 0.783. The van der Waals surface area contributed by atoms with Crippen LogP contribution in [0.3, 0.4) is 0 Å². The van der Waals surface area contributed by atoms with Crippen LogP contribution in [-0.2, 0) is 12.8 Å². The summed E-state index contributed by atoms with van der Waals surface area (Å²) in [7, 11) is 0. The van der Waals surface area contributed by atoms with Gasteiger partial charge in [-0.2, -0.15) is 5.10 Å². The number of benzene rings is 1. The minimum atomic E-state index is 0.750. The molecule has 82 valence electrons. The third kappa shape index (κ3) is 1.59. The molecule has 1 aliphatic carbocycles. The molecule has 0 fully saturated rings. The number of aryl methyl sites for hydroxylation is 1. The lowest BCUT2D eigenvalue weighted by Crippen LogP contribution is -1.98. The Morgan fingerprint density at radius 2 is 1.94 bits per heavy atom. The number of hydrogen-bond acceptors (Lipinski definition) is 1. The van der Waals surface area contributed by atoms with Gasteiger partial charge in [0.2, 0.25) is 0 Å². The van der Waals surface area contributed by atoms with E-state index >= 15 is 0 Å². The summed E-state index contributed by atoms with van der Waals surface area (Å²) >= 11 is 9.50. The van der Waals surface area contributed by atoms with Crippen molar-refractivity contribution in [2.45, 2.75) is 19.3 Å². The first kappa shape index (κ1) is 10.4. The largest absolute Gasteiger partial charge is 0.226 e. The SMILES string of the molecule is Clc1ccc(-n2nc3c(c2Br)CCC3)cc1. The van der Waals surface area contributed by atoms with Gasteiger partial charge in [0.15, 0.2) is 0 Å². The molecule has 2 aromatic rings. The number of fused-ring (bicyclic) bond motifs is 1. The van der Waals surface area contributed by atoms with Crippen molar-refractivity contribution in [3.63, 3.8) is 0 Å². The smallest absolute Gasteiger partial charge is 0.113 e. The van der Waals surface area contributed by atoms with E-state index in [1.165, 1.54) is 17.7 Å². The van der Waals surface area contributed by atoms with Gasteiger partial charge in [-0.15, -0.1) is 0 Å². The second-order valence-electron chi connectivity index (χ2n) is 3.96. The molecule has 2 nitrogen and oxygen atoms in total. The highest BCUT2D eigenvalue weighted by molar-refractivity contribution is 9.10. The predicted molar refractivity (Wildman–Crippen MR) is 68.3 cm³/mol. The number of nitrogens with zero attached hydrogens (tertiary/aromatic N) is 2. The Morgan fingerprint density at radius 3 is 2.62 bits per heavy atom. The van der Waals surface area contributed by atoms with Gasteiger partial charge in [-0.1, -0.05) is 11.6 Å². The molecule has 0 N–H and O–H groups in total. The first-order valence-corrected chi connectivity index (χ1v) is 6.45. The number of rotatable bonds is 1. The third-order valence-electron chi connectivity index (χ3n) is 2.92. The van der Waals surface area contributed by atoms with E-state index in [4.69, 9.17) is 11.6 Å². The van der Waals surface area contributed by atoms with Crippen LogP contribution in [0.4, 0.5) is 0 Å². The molecular formula is C12H10BrClN2. The molecule has 0 aliphatic heterocycles. The average Bonchev–Trinajstić information content (AvgIpc) is 2.84. The lowest BCUT2D eigenvalue weighted by Gasteiger charge is -2.04. The zero-order valence-corrected chi connectivity index (χ0v) is 10.9. The van der Waals surface area contributed by atoms with Crippen molar-refractivity contribution in [1.82, 2.24) is 9.78 Å². The van der Waals surface area contributed by atoms with Gasteiger partial charge in [-0.05, 0) is 59.5 Å². The number of hydrogen-bond donors (Lipinski definition) is 0. The van der Waals surface area contributed by atoms with Crippen molar-refractivity contribution in [3.8, 4) is 5.69 Å². The highest BCUT2D eigenvalue weighted by Gasteiger charge is 2.20. The fraction of sp³-hybridized carbons (Fsp3) is 0.250. The second kappa shape index (κ2) is 3.90. The fourth-order valence-corrected chi connectivity index (χ4v) is 2.94. The van der Waals surface area contributed by atoms with Crippen molar-refractivity contribution in [1.29, 1.82) is 0 Å². The van der Waals surface area contributed by atoms with E-state index < -0.39 is 0 Å². The second-order valence-corrected chi connectivity index (χ2v) is 5.15. The van der Waals surface area contributed by atoms with Crippen LogP contribution < -0.4 is 0 Å². The Bertz CT molecular complexity index is 531. The van der Waals surface area contributed by atoms with Crippen molar-refractivity contribution in [2.24, 2.45) is 0 Å². The molecule has 1 aliphatic rings. The van der Waals surface area contributed by atoms with E-state index in [2.05, 4.69) is 21.0 Å². The molecule has 0 saturated heterocycles. The minimum Gasteiger partial charge on any atom is -0.226 e. The topological polar surface area (TPSA) is 17.8 Å². The van der Waals surface area contributed by atoms with E-state index in [0.29, 0.717) is 0 Å². The van der Waals surface area contributed by atoms with Crippen LogP contribution in [0.1, 0.15) is 17.7 Å². The van der Waals surface area contributed by atoms with Gasteiger partial charge >= 0.3 is 0 Å². The predicted octanol–water partition coefficient (Wildman–Crippen LogP) is 3.78. The van der Waals surface area contributed by atoms with Gasteiger partial charge in [0.05, 0.1) is 11.4 Å². The highest BCUT2D eigenvalue weighted by atomic mass is 79.9. The third-order valence-corrected chi connectivity index (χ3v) is 3.98. The van der Waals surface area contributed by atoms with E-state index in [1.807, 2.05) is 28.9 Å². The highest BCUT2D eigenvalue weighted by Crippen LogP contribution is 2.30. The van der Waals surface area contributed by atoms with Crippen LogP contribution in [0.2, 0.25) is 5.02 Å². The molecule has 0 spiro atoms. The molecule has 0 atom stereocenters. The summed E-state index contributed by atoms with van der Waals surface area (Å²) in [4.78, 5) is 0. The normalized spacial score (nSPS) is 14.1. The minimum absolute atomic E-state index is 0.750. The van der Waals surface area contributed by atoms with Crippen LogP contribution in [0.5, 0.6) is 0 Å². The summed E-state index contributed by atoms with van der Waals surface area (Å²) in [5, 5.41) is 5.37. The summed E-state index contributed by atoms with van der Waals surface area (Å²) in [6.45, 7) is 0. The Morgan fingerprint density at radius 1 is 1.19 bits per heavy atom. The summed E-state index contributed by atoms with van der Waals surface area (Å²) in [6, 6.07) is 7.73. The monoisotopic (exact) mass is 296 g/mol. The molecule has 4 heteroatoms. The molecule has 1 aromatic heterocycles. The molecule has 0 amide bonds. The maximum Gasteiger partial charge on any atom is 0.113 e. The summed E-state index contributed by atoms with van der Waals surface area (Å²) in [6.07, 6.45) is 3.44. The maximum absolute atomic E-state index is 5.87. The van der Waals surface area contributed by atoms with Crippen molar-refractivity contribution < 1.29 is 0 Å². The van der Waals surface area contributed by atoms with E-state index in [9.17, 15) is 0 Å². The molecule has 0 saturated carbocycles. The van der Waals surface area contributed by atoms with Crippen LogP contribution >= 0.6 is 27.5 Å². The van der Waals surface area contributed by atoms with Gasteiger partial charge < -0.3 is 0 Å². The standard InChI is InChI=1S/C12H10BrClN2/c13-12-10-2-1-3-11(10)15-16(12)9-6-4-8(14)5-7-9/h4-7H,1-3H2. The lowest BCUT2D eigenvalue weighted by molar-refractivity contribution is 0.787. The first-order valence-electron chi connectivity index (χ1n) is 5.28. The zero-order chi connectivity index (χ0) is 11.1. The molecule has 1 aromatic carbocycles. The molecule has 3 rings (SSSR count). The molecular weight excluding hydrogens is 288 g/mol. The summed E-state index contributed by atoms with van der Waals surface area (Å²) in [5.41, 5.74) is 3.63. The Labute approximate surface area is 107 Å². The maximum atomic E-state index is 5.87. The Hall–Kier alpha value is -0.800. The van der Waals surface area contributed by atoms with Gasteiger partial charge in [-0.3, -0.25) is 0 Å². The molecule has 16 heavy (non-hydrogen) atoms. The van der Waals surface area contributed by atoms with Crippen molar-refractivity contribution >= 4 is 27.5 Å². The lowest BCUT2D eigenvalue weighted by atomic mass is 10.3.